The van der Waals surface area contributed by atoms with Crippen molar-refractivity contribution < 1.29 is 9.32 Å². The van der Waals surface area contributed by atoms with Crippen molar-refractivity contribution in [1.29, 1.82) is 0 Å². The highest BCUT2D eigenvalue weighted by atomic mass is 16.5. The molecule has 0 atom stereocenters. The first-order chi connectivity index (χ1) is 12.2. The maximum absolute atomic E-state index is 12.2. The van der Waals surface area contributed by atoms with Crippen molar-refractivity contribution >= 4 is 5.91 Å². The molecule has 8 nitrogen and oxygen atoms in total. The van der Waals surface area contributed by atoms with Crippen LogP contribution in [0.4, 0.5) is 0 Å². The van der Waals surface area contributed by atoms with Crippen LogP contribution in [0.2, 0.25) is 0 Å². The maximum atomic E-state index is 12.2. The number of benzene rings is 1. The van der Waals surface area contributed by atoms with Crippen LogP contribution in [-0.2, 0) is 19.5 Å². The predicted octanol–water partition coefficient (Wildman–Crippen LogP) is 1.90. The summed E-state index contributed by atoms with van der Waals surface area (Å²) in [5.74, 6) is 1.25. The second kappa shape index (κ2) is 7.69. The van der Waals surface area contributed by atoms with Crippen LogP contribution in [0.15, 0.2) is 34.9 Å². The van der Waals surface area contributed by atoms with Gasteiger partial charge in [-0.25, -0.2) is 4.68 Å². The first-order valence-electron chi connectivity index (χ1n) is 8.20. The van der Waals surface area contributed by atoms with Crippen LogP contribution < -0.4 is 5.32 Å². The third-order valence-corrected chi connectivity index (χ3v) is 3.80. The molecular weight excluding hydrogens is 320 g/mol. The minimum absolute atomic E-state index is 0.154. The highest BCUT2D eigenvalue weighted by Gasteiger charge is 2.09. The van der Waals surface area contributed by atoms with Gasteiger partial charge in [0.2, 0.25) is 0 Å². The van der Waals surface area contributed by atoms with E-state index in [1.807, 2.05) is 25.1 Å². The van der Waals surface area contributed by atoms with Gasteiger partial charge in [-0.3, -0.25) is 4.79 Å². The van der Waals surface area contributed by atoms with Crippen LogP contribution in [0.1, 0.15) is 46.5 Å². The largest absolute Gasteiger partial charge is 0.359 e. The third kappa shape index (κ3) is 4.28. The lowest BCUT2D eigenvalue weighted by Gasteiger charge is -2.05. The van der Waals surface area contributed by atoms with Gasteiger partial charge in [0.15, 0.2) is 5.76 Å². The van der Waals surface area contributed by atoms with Crippen LogP contribution >= 0.6 is 0 Å². The van der Waals surface area contributed by atoms with E-state index in [1.54, 1.807) is 16.8 Å². The zero-order chi connectivity index (χ0) is 17.6. The number of nitrogens with one attached hydrogen (secondary N) is 1. The van der Waals surface area contributed by atoms with Crippen LogP contribution in [-0.4, -0.2) is 31.3 Å². The monoisotopic (exact) mass is 340 g/mol. The Morgan fingerprint density at radius 2 is 2.08 bits per heavy atom. The fraction of sp³-hybridized carbons (Fsp3) is 0.353. The summed E-state index contributed by atoms with van der Waals surface area (Å²) in [5.41, 5.74) is 2.52. The Kier molecular flexibility index (Phi) is 5.17. The molecule has 1 aromatic carbocycles. The van der Waals surface area contributed by atoms with E-state index >= 15 is 0 Å². The molecule has 0 fully saturated rings. The summed E-state index contributed by atoms with van der Waals surface area (Å²) in [6, 6.07) is 9.23. The Labute approximate surface area is 145 Å². The predicted molar refractivity (Wildman–Crippen MR) is 89.8 cm³/mol. The lowest BCUT2D eigenvalue weighted by molar-refractivity contribution is 0.0947. The molecule has 0 saturated carbocycles. The number of aromatic nitrogens is 5. The standard InChI is InChI=1S/C17H20N6O2/c1-3-4-15-9-16(25-20-15)10-18-17(24)14-7-5-13(6-8-14)11-23-12(2)19-21-22-23/h5-9H,3-4,10-11H2,1-2H3,(H,18,24). The average Bonchev–Trinajstić information content (AvgIpc) is 3.23. The van der Waals surface area contributed by atoms with Gasteiger partial charge in [-0.15, -0.1) is 5.10 Å². The highest BCUT2D eigenvalue weighted by Crippen LogP contribution is 2.08. The minimum Gasteiger partial charge on any atom is -0.359 e. The van der Waals surface area contributed by atoms with Crippen molar-refractivity contribution in [2.45, 2.75) is 39.8 Å². The summed E-state index contributed by atoms with van der Waals surface area (Å²) in [6.07, 6.45) is 1.88. The number of hydrogen-bond acceptors (Lipinski definition) is 6. The molecule has 1 N–H and O–H groups in total. The summed E-state index contributed by atoms with van der Waals surface area (Å²) in [6.45, 7) is 4.82. The van der Waals surface area contributed by atoms with E-state index in [1.165, 1.54) is 0 Å². The van der Waals surface area contributed by atoms with Crippen molar-refractivity contribution in [3.63, 3.8) is 0 Å². The molecule has 0 spiro atoms. The fourth-order valence-electron chi connectivity index (χ4n) is 2.41. The van der Waals surface area contributed by atoms with Crippen LogP contribution in [0.25, 0.3) is 0 Å². The fourth-order valence-corrected chi connectivity index (χ4v) is 2.41. The Balaban J connectivity index is 1.56. The molecule has 130 valence electrons. The van der Waals surface area contributed by atoms with Crippen molar-refractivity contribution in [2.75, 3.05) is 0 Å². The van der Waals surface area contributed by atoms with Gasteiger partial charge >= 0.3 is 0 Å². The van der Waals surface area contributed by atoms with Gasteiger partial charge in [-0.05, 0) is 41.5 Å². The number of aryl methyl sites for hydroxylation is 2. The van der Waals surface area contributed by atoms with Crippen LogP contribution in [0.3, 0.4) is 0 Å². The van der Waals surface area contributed by atoms with E-state index in [-0.39, 0.29) is 5.91 Å². The minimum atomic E-state index is -0.154. The molecule has 2 aromatic heterocycles. The van der Waals surface area contributed by atoms with Crippen LogP contribution in [0.5, 0.6) is 0 Å². The summed E-state index contributed by atoms with van der Waals surface area (Å²) in [5, 5.41) is 18.2. The molecule has 8 heteroatoms. The van der Waals surface area contributed by atoms with Crippen molar-refractivity contribution in [2.24, 2.45) is 0 Å². The molecule has 0 aliphatic heterocycles. The lowest BCUT2D eigenvalue weighted by atomic mass is 10.1. The summed E-state index contributed by atoms with van der Waals surface area (Å²) in [7, 11) is 0. The van der Waals surface area contributed by atoms with E-state index in [2.05, 4.69) is 32.9 Å². The Bertz CT molecular complexity index is 837. The van der Waals surface area contributed by atoms with E-state index in [0.717, 1.165) is 29.9 Å². The first kappa shape index (κ1) is 16.8. The van der Waals surface area contributed by atoms with Gasteiger partial charge in [0.05, 0.1) is 18.8 Å². The Hall–Kier alpha value is -3.03. The molecule has 2 heterocycles. The summed E-state index contributed by atoms with van der Waals surface area (Å²) in [4.78, 5) is 12.2. The quantitative estimate of drug-likeness (QED) is 0.705. The van der Waals surface area contributed by atoms with Gasteiger partial charge in [-0.1, -0.05) is 30.6 Å². The lowest BCUT2D eigenvalue weighted by Crippen LogP contribution is -2.22. The molecule has 0 unspecified atom stereocenters. The highest BCUT2D eigenvalue weighted by molar-refractivity contribution is 5.94. The molecule has 1 amide bonds. The number of nitrogens with zero attached hydrogens (tertiary/aromatic N) is 5. The van der Waals surface area contributed by atoms with Gasteiger partial charge in [0.1, 0.15) is 5.82 Å². The van der Waals surface area contributed by atoms with Crippen molar-refractivity contribution in [3.8, 4) is 0 Å². The van der Waals surface area contributed by atoms with Crippen molar-refractivity contribution in [1.82, 2.24) is 30.7 Å². The van der Waals surface area contributed by atoms with Gasteiger partial charge in [0.25, 0.3) is 5.91 Å². The second-order valence-electron chi connectivity index (χ2n) is 5.80. The van der Waals surface area contributed by atoms with Gasteiger partial charge in [0, 0.05) is 11.6 Å². The van der Waals surface area contributed by atoms with E-state index in [0.29, 0.717) is 24.4 Å². The Morgan fingerprint density at radius 1 is 1.28 bits per heavy atom. The number of rotatable bonds is 7. The van der Waals surface area contributed by atoms with Gasteiger partial charge in [-0.2, -0.15) is 0 Å². The zero-order valence-electron chi connectivity index (χ0n) is 14.3. The number of hydrogen-bond donors (Lipinski definition) is 1. The number of amides is 1. The molecule has 0 saturated heterocycles. The normalized spacial score (nSPS) is 10.8. The summed E-state index contributed by atoms with van der Waals surface area (Å²) < 4.78 is 6.91. The smallest absolute Gasteiger partial charge is 0.251 e. The molecule has 0 radical (unpaired) electrons. The molecule has 0 bridgehead atoms. The maximum Gasteiger partial charge on any atom is 0.251 e. The molecule has 25 heavy (non-hydrogen) atoms. The van der Waals surface area contributed by atoms with Crippen LogP contribution in [0, 0.1) is 6.92 Å². The Morgan fingerprint density at radius 3 is 2.76 bits per heavy atom. The number of tetrazole rings is 1. The molecule has 3 aromatic rings. The number of carbonyl (C=O) groups is 1. The van der Waals surface area contributed by atoms with E-state index < -0.39 is 0 Å². The third-order valence-electron chi connectivity index (χ3n) is 3.80. The first-order valence-corrected chi connectivity index (χ1v) is 8.20. The van der Waals surface area contributed by atoms with Gasteiger partial charge < -0.3 is 9.84 Å². The molecular formula is C17H20N6O2. The van der Waals surface area contributed by atoms with Crippen molar-refractivity contribution in [3.05, 3.63) is 58.7 Å². The number of carbonyl (C=O) groups excluding carboxylic acids is 1. The molecule has 0 aliphatic rings. The average molecular weight is 340 g/mol. The zero-order valence-corrected chi connectivity index (χ0v) is 14.3. The second-order valence-corrected chi connectivity index (χ2v) is 5.80. The SMILES string of the molecule is CCCc1cc(CNC(=O)c2ccc(Cn3nnnc3C)cc2)on1. The summed E-state index contributed by atoms with van der Waals surface area (Å²) >= 11 is 0. The van der Waals surface area contributed by atoms with E-state index in [9.17, 15) is 4.79 Å². The van der Waals surface area contributed by atoms with E-state index in [4.69, 9.17) is 4.52 Å². The molecule has 0 aliphatic carbocycles. The topological polar surface area (TPSA) is 98.7 Å². The molecule has 3 rings (SSSR count).